The first-order valence-corrected chi connectivity index (χ1v) is 12.6. The van der Waals surface area contributed by atoms with Gasteiger partial charge in [-0.25, -0.2) is 0 Å². The predicted molar refractivity (Wildman–Crippen MR) is 108 cm³/mol. The van der Waals surface area contributed by atoms with Crippen LogP contribution in [0, 0.1) is 10.2 Å². The standard InChI is InChI=1S/C23H19ClO7S/c1-2-17(25)23(22(26)16-10-4-3-5-11-16)32(31-24(27,28)29)20-14-8-6-12-18(20)30-19-13-7-9-15-21(19)32/h3-15,23H,2H2,1H3. The van der Waals surface area contributed by atoms with E-state index in [0.717, 1.165) is 0 Å². The summed E-state index contributed by atoms with van der Waals surface area (Å²) in [5.41, 5.74) is 0.205. The summed E-state index contributed by atoms with van der Waals surface area (Å²) >= 11 is 0. The van der Waals surface area contributed by atoms with Gasteiger partial charge in [0.05, 0.1) is 30.3 Å². The van der Waals surface area contributed by atoms with E-state index in [1.807, 2.05) is 0 Å². The Balaban J connectivity index is 2.08. The zero-order valence-corrected chi connectivity index (χ0v) is 18.5. The van der Waals surface area contributed by atoms with Crippen LogP contribution in [0.3, 0.4) is 0 Å². The number of Topliss-reactive ketones (excluding diaryl/α,β-unsaturated/α-hetero) is 2. The summed E-state index contributed by atoms with van der Waals surface area (Å²) < 4.78 is 47.4. The van der Waals surface area contributed by atoms with Crippen molar-refractivity contribution in [3.63, 3.8) is 0 Å². The SMILES string of the molecule is CCC(=O)C(C(=O)c1ccccc1)S1(O[Cl+3]([O-])([O-])[O-])c2ccccc2Oc2ccccc21. The third-order valence-corrected chi connectivity index (χ3v) is 9.55. The molecular formula is C23H19ClO7S. The Hall–Kier alpha value is -2.72. The lowest BCUT2D eigenvalue weighted by molar-refractivity contribution is -1.91. The van der Waals surface area contributed by atoms with E-state index in [9.17, 15) is 23.6 Å². The fraction of sp³-hybridized carbons (Fsp3) is 0.130. The minimum absolute atomic E-state index is 0.0671. The van der Waals surface area contributed by atoms with Crippen molar-refractivity contribution in [3.8, 4) is 11.5 Å². The largest absolute Gasteiger partial charge is 0.455 e. The van der Waals surface area contributed by atoms with Crippen molar-refractivity contribution in [2.75, 3.05) is 0 Å². The number of benzene rings is 3. The summed E-state index contributed by atoms with van der Waals surface area (Å²) in [4.78, 5) is 27.4. The summed E-state index contributed by atoms with van der Waals surface area (Å²) in [6.45, 7) is 1.57. The molecule has 0 spiro atoms. The highest BCUT2D eigenvalue weighted by Crippen LogP contribution is 2.74. The van der Waals surface area contributed by atoms with E-state index >= 15 is 0 Å². The molecule has 3 aromatic rings. The van der Waals surface area contributed by atoms with Crippen LogP contribution in [0.2, 0.25) is 0 Å². The number of para-hydroxylation sites is 2. The van der Waals surface area contributed by atoms with Gasteiger partial charge in [-0.3, -0.25) is 9.59 Å². The number of hydrogen-bond donors (Lipinski definition) is 0. The summed E-state index contributed by atoms with van der Waals surface area (Å²) in [7, 11) is -8.53. The van der Waals surface area contributed by atoms with Gasteiger partial charge in [0, 0.05) is 12.0 Å². The molecule has 32 heavy (non-hydrogen) atoms. The predicted octanol–water partition coefficient (Wildman–Crippen LogP) is 2.07. The molecule has 1 aliphatic heterocycles. The number of fused-ring (bicyclic) bond motifs is 2. The quantitative estimate of drug-likeness (QED) is 0.379. The Bertz CT molecular complexity index is 1110. The highest BCUT2D eigenvalue weighted by molar-refractivity contribution is 8.31. The van der Waals surface area contributed by atoms with Gasteiger partial charge in [-0.05, 0) is 24.3 Å². The van der Waals surface area contributed by atoms with Gasteiger partial charge < -0.3 is 4.74 Å². The molecule has 166 valence electrons. The molecule has 0 amide bonds. The molecule has 0 fully saturated rings. The number of ketones is 2. The smallest absolute Gasteiger partial charge is 0.185 e. The monoisotopic (exact) mass is 474 g/mol. The van der Waals surface area contributed by atoms with Crippen LogP contribution < -0.4 is 18.7 Å². The minimum atomic E-state index is -5.02. The van der Waals surface area contributed by atoms with Crippen LogP contribution in [-0.2, 0) is 8.53 Å². The number of ether oxygens (including phenoxy) is 1. The van der Waals surface area contributed by atoms with E-state index in [4.69, 9.17) is 8.47 Å². The molecule has 4 rings (SSSR count). The van der Waals surface area contributed by atoms with Gasteiger partial charge in [-0.1, -0.05) is 61.5 Å². The third-order valence-electron chi connectivity index (χ3n) is 5.02. The van der Waals surface area contributed by atoms with Gasteiger partial charge in [-0.15, -0.1) is 0 Å². The number of hydrogen-bond acceptors (Lipinski definition) is 7. The Kier molecular flexibility index (Phi) is 6.09. The topological polar surface area (TPSA) is 122 Å². The second-order valence-corrected chi connectivity index (χ2v) is 10.8. The van der Waals surface area contributed by atoms with E-state index in [0.29, 0.717) is 0 Å². The van der Waals surface area contributed by atoms with Crippen LogP contribution >= 0.6 is 10.3 Å². The zero-order chi connectivity index (χ0) is 22.9. The zero-order valence-electron chi connectivity index (χ0n) is 16.9. The molecule has 3 aromatic carbocycles. The summed E-state index contributed by atoms with van der Waals surface area (Å²) in [6, 6.07) is 20.8. The van der Waals surface area contributed by atoms with E-state index in [-0.39, 0.29) is 33.3 Å². The fourth-order valence-electron chi connectivity index (χ4n) is 3.71. The van der Waals surface area contributed by atoms with Crippen molar-refractivity contribution in [2.24, 2.45) is 0 Å². The normalized spacial score (nSPS) is 16.1. The molecule has 0 bridgehead atoms. The maximum atomic E-state index is 13.7. The number of rotatable bonds is 7. The molecule has 1 unspecified atom stereocenters. The Morgan fingerprint density at radius 3 is 1.88 bits per heavy atom. The first-order valence-electron chi connectivity index (χ1n) is 9.70. The Morgan fingerprint density at radius 2 is 1.38 bits per heavy atom. The molecule has 0 aliphatic carbocycles. The van der Waals surface area contributed by atoms with Crippen molar-refractivity contribution >= 4 is 21.9 Å². The van der Waals surface area contributed by atoms with Gasteiger partial charge in [0.25, 0.3) is 0 Å². The van der Waals surface area contributed by atoms with Crippen LogP contribution in [-0.4, -0.2) is 16.8 Å². The van der Waals surface area contributed by atoms with E-state index in [2.05, 4.69) is 0 Å². The van der Waals surface area contributed by atoms with Gasteiger partial charge in [0.2, 0.25) is 0 Å². The Morgan fingerprint density at radius 1 is 0.875 bits per heavy atom. The van der Waals surface area contributed by atoms with Crippen molar-refractivity contribution in [1.82, 2.24) is 0 Å². The molecule has 1 aliphatic rings. The van der Waals surface area contributed by atoms with Crippen molar-refractivity contribution in [2.45, 2.75) is 28.4 Å². The lowest BCUT2D eigenvalue weighted by atomic mass is 10.0. The van der Waals surface area contributed by atoms with Crippen molar-refractivity contribution in [1.29, 1.82) is 0 Å². The number of halogens is 1. The summed E-state index contributed by atoms with van der Waals surface area (Å²) in [6.07, 6.45) is -0.0671. The van der Waals surface area contributed by atoms with Gasteiger partial charge in [0.15, 0.2) is 16.8 Å². The van der Waals surface area contributed by atoms with Gasteiger partial charge >= 0.3 is 0 Å². The molecule has 0 N–H and O–H groups in total. The molecule has 9 heteroatoms. The first-order chi connectivity index (χ1) is 15.3. The molecular weight excluding hydrogens is 456 g/mol. The molecule has 7 nitrogen and oxygen atoms in total. The number of carbonyl (C=O) groups excluding carboxylic acids is 2. The maximum Gasteiger partial charge on any atom is 0.185 e. The molecule has 0 aromatic heterocycles. The van der Waals surface area contributed by atoms with Crippen LogP contribution in [0.4, 0.5) is 0 Å². The average molecular weight is 475 g/mol. The van der Waals surface area contributed by atoms with E-state index < -0.39 is 37.4 Å². The lowest BCUT2D eigenvalue weighted by Gasteiger charge is -2.42. The lowest BCUT2D eigenvalue weighted by Crippen LogP contribution is -2.62. The maximum absolute atomic E-state index is 13.7. The minimum Gasteiger partial charge on any atom is -0.455 e. The molecule has 1 heterocycles. The van der Waals surface area contributed by atoms with E-state index in [1.165, 1.54) is 24.3 Å². The van der Waals surface area contributed by atoms with Crippen molar-refractivity contribution in [3.05, 3.63) is 84.4 Å². The highest BCUT2D eigenvalue weighted by Gasteiger charge is 2.60. The van der Waals surface area contributed by atoms with Crippen LogP contribution in [0.25, 0.3) is 0 Å². The van der Waals surface area contributed by atoms with Gasteiger partial charge in [-0.2, -0.15) is 14.0 Å². The molecule has 0 radical (unpaired) electrons. The molecule has 0 saturated heterocycles. The highest BCUT2D eigenvalue weighted by atomic mass is 35.7. The molecule has 0 saturated carbocycles. The van der Waals surface area contributed by atoms with Crippen LogP contribution in [0.5, 0.6) is 11.5 Å². The Labute approximate surface area is 188 Å². The summed E-state index contributed by atoms with van der Waals surface area (Å²) in [5.74, 6) is -0.735. The average Bonchev–Trinajstić information content (AvgIpc) is 2.78. The second kappa shape index (κ2) is 8.67. The van der Waals surface area contributed by atoms with Crippen LogP contribution in [0.15, 0.2) is 88.7 Å². The van der Waals surface area contributed by atoms with E-state index in [1.54, 1.807) is 61.5 Å². The molecule has 1 atom stereocenters. The third kappa shape index (κ3) is 3.93. The fourth-order valence-corrected chi connectivity index (χ4v) is 8.61. The number of carbonyl (C=O) groups is 2. The van der Waals surface area contributed by atoms with Gasteiger partial charge in [0.1, 0.15) is 15.2 Å². The van der Waals surface area contributed by atoms with Crippen LogP contribution in [0.1, 0.15) is 23.7 Å². The second-order valence-electron chi connectivity index (χ2n) is 6.97. The van der Waals surface area contributed by atoms with Crippen molar-refractivity contribution < 1.29 is 42.3 Å². The first kappa shape index (κ1) is 22.5. The summed E-state index contributed by atoms with van der Waals surface area (Å²) in [5, 5.41) is -1.57.